The minimum absolute atomic E-state index is 0.110. The summed E-state index contributed by atoms with van der Waals surface area (Å²) in [7, 11) is 0. The largest absolute Gasteiger partial charge is 0.465 e. The summed E-state index contributed by atoms with van der Waals surface area (Å²) >= 11 is 6.23. The number of ether oxygens (including phenoxy) is 2. The van der Waals surface area contributed by atoms with E-state index in [1.165, 1.54) is 0 Å². The van der Waals surface area contributed by atoms with E-state index >= 15 is 0 Å². The van der Waals surface area contributed by atoms with Gasteiger partial charge in [-0.25, -0.2) is 0 Å². The van der Waals surface area contributed by atoms with Crippen molar-refractivity contribution in [1.29, 1.82) is 5.41 Å². The van der Waals surface area contributed by atoms with Crippen LogP contribution in [0.2, 0.25) is 5.02 Å². The highest BCUT2D eigenvalue weighted by Crippen LogP contribution is 2.46. The third-order valence-electron chi connectivity index (χ3n) is 4.83. The average Bonchev–Trinajstić information content (AvgIpc) is 2.66. The number of carbonyl (C=O) groups excluding carboxylic acids is 1. The molecular weight excluding hydrogens is 362 g/mol. The fourth-order valence-electron chi connectivity index (χ4n) is 3.72. The molecule has 5 heteroatoms. The number of nitrogens with one attached hydrogen (secondary N) is 1. The zero-order valence-corrected chi connectivity index (χ0v) is 15.5. The fraction of sp³-hybridized carbons (Fsp3) is 0.182. The molecule has 1 N–H and O–H groups in total. The molecular formula is C22H18ClNO3. The third kappa shape index (κ3) is 3.06. The Morgan fingerprint density at radius 3 is 2.74 bits per heavy atom. The van der Waals surface area contributed by atoms with Gasteiger partial charge < -0.3 is 9.47 Å². The van der Waals surface area contributed by atoms with Gasteiger partial charge in [0.2, 0.25) is 5.90 Å². The van der Waals surface area contributed by atoms with Crippen LogP contribution in [0.3, 0.4) is 0 Å². The number of benzene rings is 3. The molecule has 2 unspecified atom stereocenters. The van der Waals surface area contributed by atoms with Crippen molar-refractivity contribution in [3.05, 3.63) is 76.8 Å². The number of rotatable bonds is 3. The van der Waals surface area contributed by atoms with Gasteiger partial charge in [0.25, 0.3) is 0 Å². The molecule has 0 spiro atoms. The summed E-state index contributed by atoms with van der Waals surface area (Å²) in [6.07, 6.45) is 0. The number of esters is 1. The number of hydrogen-bond acceptors (Lipinski definition) is 4. The molecule has 1 aliphatic heterocycles. The van der Waals surface area contributed by atoms with Gasteiger partial charge in [-0.15, -0.1) is 0 Å². The van der Waals surface area contributed by atoms with E-state index in [2.05, 4.69) is 0 Å². The zero-order chi connectivity index (χ0) is 19.0. The van der Waals surface area contributed by atoms with Crippen LogP contribution in [-0.4, -0.2) is 18.5 Å². The highest BCUT2D eigenvalue weighted by Gasteiger charge is 2.43. The SMILES string of the molecule is CCOC(=O)C1C(=N)Oc2ccc3ccccc3c2C1c1cccc(Cl)c1. The summed E-state index contributed by atoms with van der Waals surface area (Å²) in [5.74, 6) is -1.26. The van der Waals surface area contributed by atoms with Crippen molar-refractivity contribution in [2.75, 3.05) is 6.61 Å². The van der Waals surface area contributed by atoms with Crippen LogP contribution in [0.25, 0.3) is 10.8 Å². The summed E-state index contributed by atoms with van der Waals surface area (Å²) in [5, 5.41) is 11.0. The second-order valence-electron chi connectivity index (χ2n) is 6.43. The molecule has 1 aliphatic rings. The van der Waals surface area contributed by atoms with Crippen LogP contribution in [0.5, 0.6) is 5.75 Å². The van der Waals surface area contributed by atoms with Gasteiger partial charge in [-0.3, -0.25) is 10.2 Å². The first-order valence-corrected chi connectivity index (χ1v) is 9.18. The van der Waals surface area contributed by atoms with E-state index in [0.29, 0.717) is 10.8 Å². The molecule has 0 bridgehead atoms. The number of fused-ring (bicyclic) bond motifs is 3. The maximum absolute atomic E-state index is 12.7. The minimum atomic E-state index is -0.860. The standard InChI is InChI=1S/C22H18ClNO3/c1-2-26-22(25)20-18(14-7-5-8-15(23)12-14)19-16-9-4-3-6-13(16)10-11-17(19)27-21(20)24/h3-12,18,20,24H,2H2,1H3. The quantitative estimate of drug-likeness (QED) is 0.638. The lowest BCUT2D eigenvalue weighted by Gasteiger charge is -2.33. The Morgan fingerprint density at radius 2 is 1.96 bits per heavy atom. The van der Waals surface area contributed by atoms with Gasteiger partial charge in [0.05, 0.1) is 6.61 Å². The van der Waals surface area contributed by atoms with Crippen LogP contribution in [0, 0.1) is 11.3 Å². The van der Waals surface area contributed by atoms with Crippen LogP contribution in [-0.2, 0) is 9.53 Å². The Morgan fingerprint density at radius 1 is 1.15 bits per heavy atom. The molecule has 136 valence electrons. The lowest BCUT2D eigenvalue weighted by atomic mass is 9.76. The Labute approximate surface area is 162 Å². The average molecular weight is 380 g/mol. The van der Waals surface area contributed by atoms with E-state index in [-0.39, 0.29) is 12.5 Å². The normalized spacial score (nSPS) is 18.7. The smallest absolute Gasteiger partial charge is 0.319 e. The molecule has 3 aromatic carbocycles. The number of hydrogen-bond donors (Lipinski definition) is 1. The van der Waals surface area contributed by atoms with Crippen LogP contribution >= 0.6 is 11.6 Å². The molecule has 0 aromatic heterocycles. The van der Waals surface area contributed by atoms with Crippen molar-refractivity contribution in [3.8, 4) is 5.75 Å². The van der Waals surface area contributed by atoms with Crippen molar-refractivity contribution < 1.29 is 14.3 Å². The first-order valence-electron chi connectivity index (χ1n) is 8.80. The Bertz CT molecular complexity index is 1050. The van der Waals surface area contributed by atoms with Gasteiger partial charge >= 0.3 is 5.97 Å². The summed E-state index contributed by atoms with van der Waals surface area (Å²) in [5.41, 5.74) is 1.73. The van der Waals surface area contributed by atoms with Crippen LogP contribution in [0.4, 0.5) is 0 Å². The Balaban J connectivity index is 2.00. The van der Waals surface area contributed by atoms with E-state index in [9.17, 15) is 4.79 Å². The van der Waals surface area contributed by atoms with E-state index in [1.54, 1.807) is 13.0 Å². The summed E-state index contributed by atoms with van der Waals surface area (Å²) in [6, 6.07) is 19.2. The van der Waals surface area contributed by atoms with Gasteiger partial charge in [0.15, 0.2) is 0 Å². The third-order valence-corrected chi connectivity index (χ3v) is 5.06. The first-order chi connectivity index (χ1) is 13.1. The monoisotopic (exact) mass is 379 g/mol. The molecule has 0 aliphatic carbocycles. The molecule has 27 heavy (non-hydrogen) atoms. The maximum atomic E-state index is 12.7. The highest BCUT2D eigenvalue weighted by atomic mass is 35.5. The summed E-state index contributed by atoms with van der Waals surface area (Å²) in [6.45, 7) is 2.00. The predicted molar refractivity (Wildman–Crippen MR) is 106 cm³/mol. The van der Waals surface area contributed by atoms with E-state index < -0.39 is 17.8 Å². The molecule has 4 rings (SSSR count). The van der Waals surface area contributed by atoms with E-state index in [0.717, 1.165) is 21.9 Å². The van der Waals surface area contributed by atoms with Gasteiger partial charge in [0, 0.05) is 16.5 Å². The highest BCUT2D eigenvalue weighted by molar-refractivity contribution is 6.30. The molecule has 0 saturated carbocycles. The van der Waals surface area contributed by atoms with Crippen LogP contribution in [0.1, 0.15) is 24.0 Å². The van der Waals surface area contributed by atoms with E-state index in [1.807, 2.05) is 54.6 Å². The molecule has 4 nitrogen and oxygen atoms in total. The summed E-state index contributed by atoms with van der Waals surface area (Å²) in [4.78, 5) is 12.7. The number of halogens is 1. The van der Waals surface area contributed by atoms with Crippen LogP contribution < -0.4 is 4.74 Å². The van der Waals surface area contributed by atoms with Crippen molar-refractivity contribution in [3.63, 3.8) is 0 Å². The molecule has 1 heterocycles. The lowest BCUT2D eigenvalue weighted by molar-refractivity contribution is -0.146. The van der Waals surface area contributed by atoms with Gasteiger partial charge in [-0.05, 0) is 41.5 Å². The molecule has 0 fully saturated rings. The maximum Gasteiger partial charge on any atom is 0.319 e. The Kier molecular flexibility index (Phi) is 4.58. The second kappa shape index (κ2) is 7.05. The van der Waals surface area contributed by atoms with Crippen LogP contribution in [0.15, 0.2) is 60.7 Å². The topological polar surface area (TPSA) is 59.4 Å². The molecule has 0 saturated heterocycles. The lowest BCUT2D eigenvalue weighted by Crippen LogP contribution is -2.38. The Hall–Kier alpha value is -2.85. The number of carbonyl (C=O) groups is 1. The van der Waals surface area contributed by atoms with Crippen molar-refractivity contribution in [2.45, 2.75) is 12.8 Å². The second-order valence-corrected chi connectivity index (χ2v) is 6.86. The molecule has 2 atom stereocenters. The fourth-order valence-corrected chi connectivity index (χ4v) is 3.92. The molecule has 0 radical (unpaired) electrons. The van der Waals surface area contributed by atoms with Crippen molar-refractivity contribution in [1.82, 2.24) is 0 Å². The van der Waals surface area contributed by atoms with Gasteiger partial charge in [-0.1, -0.05) is 54.1 Å². The summed E-state index contributed by atoms with van der Waals surface area (Å²) < 4.78 is 11.0. The van der Waals surface area contributed by atoms with Gasteiger partial charge in [-0.2, -0.15) is 0 Å². The van der Waals surface area contributed by atoms with Crippen molar-refractivity contribution in [2.24, 2.45) is 5.92 Å². The van der Waals surface area contributed by atoms with E-state index in [4.69, 9.17) is 26.5 Å². The van der Waals surface area contributed by atoms with Gasteiger partial charge in [0.1, 0.15) is 11.7 Å². The molecule has 0 amide bonds. The predicted octanol–water partition coefficient (Wildman–Crippen LogP) is 5.17. The zero-order valence-electron chi connectivity index (χ0n) is 14.7. The minimum Gasteiger partial charge on any atom is -0.465 e. The van der Waals surface area contributed by atoms with Crippen molar-refractivity contribution >= 4 is 34.2 Å². The molecule has 3 aromatic rings. The first kappa shape index (κ1) is 17.6.